The van der Waals surface area contributed by atoms with Crippen LogP contribution in [0.4, 0.5) is 6.01 Å². The van der Waals surface area contributed by atoms with Gasteiger partial charge in [-0.05, 0) is 24.7 Å². The molecule has 5 nitrogen and oxygen atoms in total. The highest BCUT2D eigenvalue weighted by molar-refractivity contribution is 5.85. The normalized spacial score (nSPS) is 23.3. The van der Waals surface area contributed by atoms with E-state index in [-0.39, 0.29) is 5.69 Å². The molecule has 94 valence electrons. The van der Waals surface area contributed by atoms with E-state index in [2.05, 4.69) is 24.1 Å². The van der Waals surface area contributed by atoms with Gasteiger partial charge in [0.1, 0.15) is 6.26 Å². The molecule has 2 N–H and O–H groups in total. The van der Waals surface area contributed by atoms with Crippen molar-refractivity contribution < 1.29 is 14.3 Å². The predicted molar refractivity (Wildman–Crippen MR) is 63.1 cm³/mol. The quantitative estimate of drug-likeness (QED) is 0.846. The topological polar surface area (TPSA) is 75.4 Å². The van der Waals surface area contributed by atoms with Crippen LogP contribution in [-0.2, 0) is 0 Å². The number of aromatic nitrogens is 1. The molecule has 1 saturated carbocycles. The molecule has 1 aromatic rings. The number of carboxylic acids is 1. The van der Waals surface area contributed by atoms with Crippen molar-refractivity contribution >= 4 is 12.0 Å². The van der Waals surface area contributed by atoms with Gasteiger partial charge in [0.15, 0.2) is 5.69 Å². The van der Waals surface area contributed by atoms with Crippen LogP contribution in [0.2, 0.25) is 0 Å². The van der Waals surface area contributed by atoms with Gasteiger partial charge in [0.2, 0.25) is 0 Å². The molecule has 0 aliphatic heterocycles. The molecule has 1 fully saturated rings. The number of hydrogen-bond donors (Lipinski definition) is 2. The largest absolute Gasteiger partial charge is 0.476 e. The first-order valence-electron chi connectivity index (χ1n) is 5.92. The van der Waals surface area contributed by atoms with Crippen LogP contribution in [0.15, 0.2) is 10.7 Å². The molecule has 5 heteroatoms. The number of carboxylic acid groups (broad SMARTS) is 1. The number of rotatable bonds is 3. The van der Waals surface area contributed by atoms with Crippen LogP contribution in [0, 0.1) is 5.41 Å². The van der Waals surface area contributed by atoms with E-state index in [0.29, 0.717) is 17.5 Å². The monoisotopic (exact) mass is 238 g/mol. The molecule has 0 spiro atoms. The molecule has 0 bridgehead atoms. The van der Waals surface area contributed by atoms with E-state index in [4.69, 9.17) is 9.52 Å². The lowest BCUT2D eigenvalue weighted by atomic mass is 9.75. The fraction of sp³-hybridized carbons (Fsp3) is 0.667. The minimum absolute atomic E-state index is 0.0532. The van der Waals surface area contributed by atoms with Crippen molar-refractivity contribution in [1.29, 1.82) is 0 Å². The molecule has 1 heterocycles. The van der Waals surface area contributed by atoms with Gasteiger partial charge in [0.05, 0.1) is 0 Å². The maximum atomic E-state index is 10.7. The Hall–Kier alpha value is -1.52. The summed E-state index contributed by atoms with van der Waals surface area (Å²) in [5.74, 6) is -1.06. The molecule has 17 heavy (non-hydrogen) atoms. The van der Waals surface area contributed by atoms with Crippen LogP contribution in [0.1, 0.15) is 50.0 Å². The van der Waals surface area contributed by atoms with Gasteiger partial charge in [-0.25, -0.2) is 4.79 Å². The number of hydrogen-bond acceptors (Lipinski definition) is 4. The van der Waals surface area contributed by atoms with Crippen molar-refractivity contribution in [3.8, 4) is 0 Å². The maximum Gasteiger partial charge on any atom is 0.357 e. The highest BCUT2D eigenvalue weighted by atomic mass is 16.4. The first kappa shape index (κ1) is 12.0. The Labute approximate surface area is 100 Å². The second-order valence-corrected chi connectivity index (χ2v) is 5.44. The summed E-state index contributed by atoms with van der Waals surface area (Å²) in [6, 6.07) is 0.629. The van der Waals surface area contributed by atoms with Gasteiger partial charge in [0, 0.05) is 6.04 Å². The minimum atomic E-state index is -1.06. The molecule has 1 aliphatic carbocycles. The lowest BCUT2D eigenvalue weighted by Crippen LogP contribution is -2.31. The summed E-state index contributed by atoms with van der Waals surface area (Å²) in [6.07, 6.45) is 5.71. The van der Waals surface area contributed by atoms with Crippen molar-refractivity contribution in [2.24, 2.45) is 5.41 Å². The van der Waals surface area contributed by atoms with E-state index in [9.17, 15) is 4.79 Å². The third-order valence-electron chi connectivity index (χ3n) is 3.26. The van der Waals surface area contributed by atoms with Crippen molar-refractivity contribution in [1.82, 2.24) is 4.98 Å². The molecule has 1 aliphatic rings. The molecule has 0 amide bonds. The molecule has 0 aromatic carbocycles. The van der Waals surface area contributed by atoms with E-state index < -0.39 is 5.97 Å². The number of oxazole rings is 1. The maximum absolute atomic E-state index is 10.7. The third kappa shape index (κ3) is 2.99. The first-order chi connectivity index (χ1) is 7.96. The van der Waals surface area contributed by atoms with E-state index in [1.165, 1.54) is 19.1 Å². The van der Waals surface area contributed by atoms with Gasteiger partial charge in [-0.15, -0.1) is 0 Å². The van der Waals surface area contributed by atoms with Crippen LogP contribution >= 0.6 is 0 Å². The molecule has 0 radical (unpaired) electrons. The van der Waals surface area contributed by atoms with Gasteiger partial charge < -0.3 is 14.8 Å². The molecular formula is C12H18N2O3. The Morgan fingerprint density at radius 1 is 1.65 bits per heavy atom. The summed E-state index contributed by atoms with van der Waals surface area (Å²) in [5, 5.41) is 11.9. The Balaban J connectivity index is 1.98. The number of carbonyl (C=O) groups is 1. The van der Waals surface area contributed by atoms with E-state index >= 15 is 0 Å². The van der Waals surface area contributed by atoms with Gasteiger partial charge >= 0.3 is 5.97 Å². The summed E-state index contributed by atoms with van der Waals surface area (Å²) in [6.45, 7) is 4.50. The standard InChI is InChI=1S/C12H18N2O3/c1-12(2)5-3-4-8(6-12)13-11-14-9(7-17-11)10(15)16/h7-8H,3-6H2,1-2H3,(H,13,14)(H,15,16). The third-order valence-corrected chi connectivity index (χ3v) is 3.26. The molecule has 1 unspecified atom stereocenters. The summed E-state index contributed by atoms with van der Waals surface area (Å²) >= 11 is 0. The fourth-order valence-corrected chi connectivity index (χ4v) is 2.43. The lowest BCUT2D eigenvalue weighted by molar-refractivity contribution is 0.0690. The Morgan fingerprint density at radius 3 is 3.00 bits per heavy atom. The SMILES string of the molecule is CC1(C)CCCC(Nc2nc(C(=O)O)co2)C1. The van der Waals surface area contributed by atoms with Gasteiger partial charge in [-0.3, -0.25) is 0 Å². The zero-order chi connectivity index (χ0) is 12.5. The zero-order valence-corrected chi connectivity index (χ0v) is 10.2. The first-order valence-corrected chi connectivity index (χ1v) is 5.92. The minimum Gasteiger partial charge on any atom is -0.476 e. The molecule has 1 atom stereocenters. The number of nitrogens with zero attached hydrogens (tertiary/aromatic N) is 1. The summed E-state index contributed by atoms with van der Waals surface area (Å²) in [7, 11) is 0. The van der Waals surface area contributed by atoms with Crippen LogP contribution in [0.5, 0.6) is 0 Å². The van der Waals surface area contributed by atoms with Crippen LogP contribution in [0.3, 0.4) is 0 Å². The van der Waals surface area contributed by atoms with Crippen molar-refractivity contribution in [2.45, 2.75) is 45.6 Å². The van der Waals surface area contributed by atoms with Crippen LogP contribution in [0.25, 0.3) is 0 Å². The molecule has 1 aromatic heterocycles. The van der Waals surface area contributed by atoms with Crippen molar-refractivity contribution in [3.63, 3.8) is 0 Å². The van der Waals surface area contributed by atoms with Gasteiger partial charge in [-0.1, -0.05) is 20.3 Å². The predicted octanol–water partition coefficient (Wildman–Crippen LogP) is 2.75. The Morgan fingerprint density at radius 2 is 2.41 bits per heavy atom. The second kappa shape index (κ2) is 4.39. The Bertz CT molecular complexity index is 412. The Kier molecular flexibility index (Phi) is 3.09. The molecule has 0 saturated heterocycles. The highest BCUT2D eigenvalue weighted by Gasteiger charge is 2.28. The smallest absolute Gasteiger partial charge is 0.357 e. The summed E-state index contributed by atoms with van der Waals surface area (Å²) in [4.78, 5) is 14.5. The van der Waals surface area contributed by atoms with E-state index in [1.807, 2.05) is 0 Å². The van der Waals surface area contributed by atoms with Crippen LogP contribution in [-0.4, -0.2) is 22.1 Å². The average molecular weight is 238 g/mol. The lowest BCUT2D eigenvalue weighted by Gasteiger charge is -2.35. The number of anilines is 1. The average Bonchev–Trinajstić information content (AvgIpc) is 2.64. The van der Waals surface area contributed by atoms with E-state index in [1.54, 1.807) is 0 Å². The van der Waals surface area contributed by atoms with Crippen LogP contribution < -0.4 is 5.32 Å². The van der Waals surface area contributed by atoms with Gasteiger partial charge in [-0.2, -0.15) is 4.98 Å². The molecule has 2 rings (SSSR count). The summed E-state index contributed by atoms with van der Waals surface area (Å²) in [5.41, 5.74) is 0.278. The molecular weight excluding hydrogens is 220 g/mol. The summed E-state index contributed by atoms with van der Waals surface area (Å²) < 4.78 is 5.09. The van der Waals surface area contributed by atoms with Crippen molar-refractivity contribution in [2.75, 3.05) is 5.32 Å². The fourth-order valence-electron chi connectivity index (χ4n) is 2.43. The zero-order valence-electron chi connectivity index (χ0n) is 10.2. The van der Waals surface area contributed by atoms with Gasteiger partial charge in [0.25, 0.3) is 6.01 Å². The number of nitrogens with one attached hydrogen (secondary N) is 1. The van der Waals surface area contributed by atoms with Crippen molar-refractivity contribution in [3.05, 3.63) is 12.0 Å². The highest BCUT2D eigenvalue weighted by Crippen LogP contribution is 2.36. The van der Waals surface area contributed by atoms with E-state index in [0.717, 1.165) is 12.8 Å². The second-order valence-electron chi connectivity index (χ2n) is 5.44. The number of aromatic carboxylic acids is 1.